The average Bonchev–Trinajstić information content (AvgIpc) is 2.45. The van der Waals surface area contributed by atoms with Gasteiger partial charge in [-0.1, -0.05) is 13.8 Å². The standard InChI is InChI=1S/C13H21BrN4O3/c1-8(2)4-9(5-15)17-10-6-16-18(7-11(19)21-3)13(20)12(10)14/h6,8-9,17H,4-5,7,15H2,1-3H3. The molecule has 1 rings (SSSR count). The van der Waals surface area contributed by atoms with Gasteiger partial charge in [0, 0.05) is 12.6 Å². The molecule has 0 bridgehead atoms. The van der Waals surface area contributed by atoms with E-state index in [0.29, 0.717) is 22.6 Å². The third-order valence-corrected chi connectivity index (χ3v) is 3.66. The number of aromatic nitrogens is 2. The van der Waals surface area contributed by atoms with E-state index in [4.69, 9.17) is 5.73 Å². The van der Waals surface area contributed by atoms with Gasteiger partial charge in [0.25, 0.3) is 5.56 Å². The van der Waals surface area contributed by atoms with Crippen LogP contribution < -0.4 is 16.6 Å². The monoisotopic (exact) mass is 360 g/mol. The first-order valence-corrected chi connectivity index (χ1v) is 7.47. The summed E-state index contributed by atoms with van der Waals surface area (Å²) in [6, 6.07) is 0.0546. The fourth-order valence-corrected chi connectivity index (χ4v) is 2.29. The smallest absolute Gasteiger partial charge is 0.327 e. The molecule has 0 saturated carbocycles. The molecule has 1 heterocycles. The Balaban J connectivity index is 2.93. The third kappa shape index (κ3) is 5.13. The lowest BCUT2D eigenvalue weighted by Crippen LogP contribution is -2.33. The number of methoxy groups -OCH3 is 1. The number of anilines is 1. The molecule has 1 aromatic heterocycles. The first kappa shape index (κ1) is 17.6. The van der Waals surface area contributed by atoms with Crippen LogP contribution in [0.4, 0.5) is 5.69 Å². The van der Waals surface area contributed by atoms with Crippen molar-refractivity contribution >= 4 is 27.6 Å². The molecular formula is C13H21BrN4O3. The molecule has 0 saturated heterocycles. The van der Waals surface area contributed by atoms with Crippen LogP contribution in [0.15, 0.2) is 15.5 Å². The van der Waals surface area contributed by atoms with Crippen LogP contribution in [-0.2, 0) is 16.1 Å². The van der Waals surface area contributed by atoms with Crippen molar-refractivity contribution in [3.05, 3.63) is 21.0 Å². The maximum Gasteiger partial charge on any atom is 0.327 e. The Morgan fingerprint density at radius 1 is 1.57 bits per heavy atom. The first-order chi connectivity index (χ1) is 9.88. The minimum atomic E-state index is -0.531. The maximum atomic E-state index is 12.1. The van der Waals surface area contributed by atoms with Crippen LogP contribution in [0, 0.1) is 5.92 Å². The second-order valence-corrected chi connectivity index (χ2v) is 5.91. The van der Waals surface area contributed by atoms with Crippen LogP contribution in [0.5, 0.6) is 0 Å². The van der Waals surface area contributed by atoms with E-state index in [1.165, 1.54) is 13.3 Å². The number of carbonyl (C=O) groups is 1. The quantitative estimate of drug-likeness (QED) is 0.702. The van der Waals surface area contributed by atoms with Crippen molar-refractivity contribution in [2.45, 2.75) is 32.9 Å². The number of nitrogens with zero attached hydrogens (tertiary/aromatic N) is 2. The number of ether oxygens (including phenoxy) is 1. The zero-order chi connectivity index (χ0) is 16.0. The molecule has 0 aliphatic carbocycles. The zero-order valence-electron chi connectivity index (χ0n) is 12.4. The second kappa shape index (κ2) is 8.14. The van der Waals surface area contributed by atoms with E-state index < -0.39 is 11.5 Å². The van der Waals surface area contributed by atoms with E-state index in [2.05, 4.69) is 44.9 Å². The van der Waals surface area contributed by atoms with Crippen molar-refractivity contribution in [3.8, 4) is 0 Å². The molecule has 0 aromatic carbocycles. The molecule has 0 aliphatic rings. The molecule has 0 spiro atoms. The highest BCUT2D eigenvalue weighted by Crippen LogP contribution is 2.19. The minimum absolute atomic E-state index is 0.0546. The second-order valence-electron chi connectivity index (χ2n) is 5.12. The fourth-order valence-electron chi connectivity index (χ4n) is 1.87. The molecule has 0 fully saturated rings. The summed E-state index contributed by atoms with van der Waals surface area (Å²) in [7, 11) is 1.26. The van der Waals surface area contributed by atoms with E-state index in [-0.39, 0.29) is 12.6 Å². The molecule has 0 radical (unpaired) electrons. The molecular weight excluding hydrogens is 340 g/mol. The Hall–Kier alpha value is -1.41. The molecule has 3 N–H and O–H groups in total. The summed E-state index contributed by atoms with van der Waals surface area (Å²) in [5.74, 6) is -0.0469. The van der Waals surface area contributed by atoms with Crippen molar-refractivity contribution in [2.24, 2.45) is 11.7 Å². The van der Waals surface area contributed by atoms with Gasteiger partial charge in [-0.25, -0.2) is 4.68 Å². The maximum absolute atomic E-state index is 12.1. The van der Waals surface area contributed by atoms with Crippen molar-refractivity contribution in [2.75, 3.05) is 19.0 Å². The van der Waals surface area contributed by atoms with Crippen molar-refractivity contribution < 1.29 is 9.53 Å². The number of rotatable bonds is 7. The predicted molar refractivity (Wildman–Crippen MR) is 84.1 cm³/mol. The van der Waals surface area contributed by atoms with Gasteiger partial charge in [-0.3, -0.25) is 9.59 Å². The molecule has 1 atom stereocenters. The molecule has 7 nitrogen and oxygen atoms in total. The van der Waals surface area contributed by atoms with Gasteiger partial charge in [0.15, 0.2) is 0 Å². The topological polar surface area (TPSA) is 99.2 Å². The van der Waals surface area contributed by atoms with Crippen LogP contribution in [0.2, 0.25) is 0 Å². The normalized spacial score (nSPS) is 12.3. The summed E-state index contributed by atoms with van der Waals surface area (Å²) in [4.78, 5) is 23.3. The summed E-state index contributed by atoms with van der Waals surface area (Å²) in [6.45, 7) is 4.44. The Morgan fingerprint density at radius 3 is 2.76 bits per heavy atom. The number of nitrogens with two attached hydrogens (primary N) is 1. The summed E-state index contributed by atoms with van der Waals surface area (Å²) >= 11 is 3.24. The van der Waals surface area contributed by atoms with Crippen molar-refractivity contribution in [3.63, 3.8) is 0 Å². The highest BCUT2D eigenvalue weighted by Gasteiger charge is 2.15. The van der Waals surface area contributed by atoms with E-state index >= 15 is 0 Å². The fraction of sp³-hybridized carbons (Fsp3) is 0.615. The molecule has 1 aromatic rings. The third-order valence-electron chi connectivity index (χ3n) is 2.89. The van der Waals surface area contributed by atoms with Gasteiger partial charge in [-0.2, -0.15) is 5.10 Å². The number of hydrogen-bond acceptors (Lipinski definition) is 6. The SMILES string of the molecule is COC(=O)Cn1ncc(NC(CN)CC(C)C)c(Br)c1=O. The highest BCUT2D eigenvalue weighted by atomic mass is 79.9. The van der Waals surface area contributed by atoms with E-state index in [9.17, 15) is 9.59 Å². The van der Waals surface area contributed by atoms with Crippen LogP contribution in [0.3, 0.4) is 0 Å². The predicted octanol–water partition coefficient (Wildman–Crippen LogP) is 0.964. The van der Waals surface area contributed by atoms with E-state index in [0.717, 1.165) is 11.1 Å². The Morgan fingerprint density at radius 2 is 2.24 bits per heavy atom. The van der Waals surface area contributed by atoms with Crippen LogP contribution >= 0.6 is 15.9 Å². The van der Waals surface area contributed by atoms with Gasteiger partial charge in [-0.15, -0.1) is 0 Å². The van der Waals surface area contributed by atoms with Gasteiger partial charge in [0.05, 0.1) is 19.0 Å². The zero-order valence-corrected chi connectivity index (χ0v) is 14.0. The Labute approximate surface area is 132 Å². The molecule has 0 aliphatic heterocycles. The van der Waals surface area contributed by atoms with Gasteiger partial charge in [0.1, 0.15) is 11.0 Å². The molecule has 0 amide bonds. The molecule has 8 heteroatoms. The van der Waals surface area contributed by atoms with Crippen LogP contribution in [0.25, 0.3) is 0 Å². The van der Waals surface area contributed by atoms with Gasteiger partial charge in [0.2, 0.25) is 0 Å². The molecule has 118 valence electrons. The van der Waals surface area contributed by atoms with Gasteiger partial charge >= 0.3 is 5.97 Å². The number of hydrogen-bond donors (Lipinski definition) is 2. The lowest BCUT2D eigenvalue weighted by atomic mass is 10.0. The summed E-state index contributed by atoms with van der Waals surface area (Å²) in [5.41, 5.74) is 5.90. The summed E-state index contributed by atoms with van der Waals surface area (Å²) in [6.07, 6.45) is 2.38. The van der Waals surface area contributed by atoms with Gasteiger partial charge in [-0.05, 0) is 28.3 Å². The number of nitrogens with one attached hydrogen (secondary N) is 1. The Kier molecular flexibility index (Phi) is 6.83. The number of carbonyl (C=O) groups excluding carboxylic acids is 1. The lowest BCUT2D eigenvalue weighted by Gasteiger charge is -2.20. The molecule has 1 unspecified atom stereocenters. The minimum Gasteiger partial charge on any atom is -0.468 e. The van der Waals surface area contributed by atoms with Crippen molar-refractivity contribution in [1.82, 2.24) is 9.78 Å². The first-order valence-electron chi connectivity index (χ1n) is 6.68. The highest BCUT2D eigenvalue weighted by molar-refractivity contribution is 9.10. The lowest BCUT2D eigenvalue weighted by molar-refractivity contribution is -0.141. The Bertz CT molecular complexity index is 545. The van der Waals surface area contributed by atoms with E-state index in [1.807, 2.05) is 0 Å². The van der Waals surface area contributed by atoms with Crippen molar-refractivity contribution in [1.29, 1.82) is 0 Å². The average molecular weight is 361 g/mol. The number of esters is 1. The summed E-state index contributed by atoms with van der Waals surface area (Å²) < 4.78 is 5.88. The largest absolute Gasteiger partial charge is 0.468 e. The molecule has 21 heavy (non-hydrogen) atoms. The summed E-state index contributed by atoms with van der Waals surface area (Å²) in [5, 5.41) is 7.16. The number of halogens is 1. The van der Waals surface area contributed by atoms with Gasteiger partial charge < -0.3 is 15.8 Å². The van der Waals surface area contributed by atoms with Crippen LogP contribution in [0.1, 0.15) is 20.3 Å². The van der Waals surface area contributed by atoms with Crippen LogP contribution in [-0.4, -0.2) is 35.4 Å². The van der Waals surface area contributed by atoms with E-state index in [1.54, 1.807) is 0 Å².